The summed E-state index contributed by atoms with van der Waals surface area (Å²) in [6.45, 7) is 13.3. The van der Waals surface area contributed by atoms with Crippen molar-refractivity contribution in [3.63, 3.8) is 0 Å². The van der Waals surface area contributed by atoms with E-state index < -0.39 is 11.7 Å². The summed E-state index contributed by atoms with van der Waals surface area (Å²) in [4.78, 5) is 30.9. The molecule has 0 spiro atoms. The summed E-state index contributed by atoms with van der Waals surface area (Å²) in [7, 11) is 0. The van der Waals surface area contributed by atoms with Crippen LogP contribution in [0.15, 0.2) is 55.4 Å². The highest BCUT2D eigenvalue weighted by Crippen LogP contribution is 2.26. The van der Waals surface area contributed by atoms with Gasteiger partial charge in [0.15, 0.2) is 5.65 Å². The standard InChI is InChI=1S/C24H29N5O3/c1-7-20(30)27-18-10-8-9-17(13-18)15-28(23(31)32-24(4,5)6)21-11-12-25-22-19(16(2)3)14-26-29(21)22/h7-14,16H,1,15H2,2-6H3,(H,27,30). The van der Waals surface area contributed by atoms with Gasteiger partial charge in [0.05, 0.1) is 12.7 Å². The Morgan fingerprint density at radius 3 is 2.69 bits per heavy atom. The number of aromatic nitrogens is 3. The highest BCUT2D eigenvalue weighted by atomic mass is 16.6. The molecule has 0 aliphatic rings. The summed E-state index contributed by atoms with van der Waals surface area (Å²) in [5.74, 6) is 0.465. The summed E-state index contributed by atoms with van der Waals surface area (Å²) in [6, 6.07) is 9.00. The molecule has 0 saturated heterocycles. The second-order valence-corrected chi connectivity index (χ2v) is 8.75. The Labute approximate surface area is 187 Å². The Balaban J connectivity index is 2.04. The van der Waals surface area contributed by atoms with Gasteiger partial charge in [0.1, 0.15) is 11.4 Å². The first-order chi connectivity index (χ1) is 15.1. The highest BCUT2D eigenvalue weighted by molar-refractivity contribution is 5.98. The van der Waals surface area contributed by atoms with Gasteiger partial charge < -0.3 is 10.1 Å². The molecule has 0 saturated carbocycles. The maximum atomic E-state index is 13.2. The molecule has 8 heteroatoms. The van der Waals surface area contributed by atoms with Crippen molar-refractivity contribution in [2.75, 3.05) is 10.2 Å². The zero-order chi connectivity index (χ0) is 23.5. The van der Waals surface area contributed by atoms with Crippen molar-refractivity contribution in [1.29, 1.82) is 0 Å². The van der Waals surface area contributed by atoms with Crippen molar-refractivity contribution in [3.05, 3.63) is 66.5 Å². The summed E-state index contributed by atoms with van der Waals surface area (Å²) in [5.41, 5.74) is 2.42. The first-order valence-electron chi connectivity index (χ1n) is 10.4. The van der Waals surface area contributed by atoms with Crippen LogP contribution >= 0.6 is 0 Å². The van der Waals surface area contributed by atoms with E-state index in [1.165, 1.54) is 11.0 Å². The van der Waals surface area contributed by atoms with Crippen LogP contribution < -0.4 is 10.2 Å². The molecule has 0 bridgehead atoms. The molecule has 3 aromatic rings. The Kier molecular flexibility index (Phi) is 6.62. The highest BCUT2D eigenvalue weighted by Gasteiger charge is 2.26. The number of nitrogens with one attached hydrogen (secondary N) is 1. The van der Waals surface area contributed by atoms with Gasteiger partial charge in [-0.15, -0.1) is 0 Å². The molecular formula is C24H29N5O3. The van der Waals surface area contributed by atoms with E-state index >= 15 is 0 Å². The average molecular weight is 436 g/mol. The summed E-state index contributed by atoms with van der Waals surface area (Å²) >= 11 is 0. The van der Waals surface area contributed by atoms with E-state index in [1.54, 1.807) is 35.1 Å². The lowest BCUT2D eigenvalue weighted by Gasteiger charge is -2.27. The van der Waals surface area contributed by atoms with Crippen molar-refractivity contribution in [2.24, 2.45) is 0 Å². The Morgan fingerprint density at radius 1 is 1.28 bits per heavy atom. The third kappa shape index (κ3) is 5.32. The van der Waals surface area contributed by atoms with Gasteiger partial charge in [-0.25, -0.2) is 9.78 Å². The second-order valence-electron chi connectivity index (χ2n) is 8.75. The first-order valence-corrected chi connectivity index (χ1v) is 10.4. The van der Waals surface area contributed by atoms with Crippen LogP contribution in [-0.4, -0.2) is 32.2 Å². The lowest BCUT2D eigenvalue weighted by atomic mass is 10.1. The van der Waals surface area contributed by atoms with Crippen molar-refractivity contribution in [1.82, 2.24) is 14.6 Å². The normalized spacial score (nSPS) is 11.4. The fourth-order valence-electron chi connectivity index (χ4n) is 3.19. The number of anilines is 2. The number of nitrogens with zero attached hydrogens (tertiary/aromatic N) is 4. The topological polar surface area (TPSA) is 88.8 Å². The lowest BCUT2D eigenvalue weighted by molar-refractivity contribution is -0.111. The number of ether oxygens (including phenoxy) is 1. The van der Waals surface area contributed by atoms with Gasteiger partial charge >= 0.3 is 6.09 Å². The molecule has 0 atom stereocenters. The molecule has 2 heterocycles. The van der Waals surface area contributed by atoms with Crippen LogP contribution in [-0.2, 0) is 16.1 Å². The van der Waals surface area contributed by atoms with E-state index in [2.05, 4.69) is 35.8 Å². The molecule has 2 amide bonds. The Hall–Kier alpha value is -3.68. The smallest absolute Gasteiger partial charge is 0.416 e. The van der Waals surface area contributed by atoms with E-state index in [-0.39, 0.29) is 18.4 Å². The maximum absolute atomic E-state index is 13.2. The Morgan fingerprint density at radius 2 is 2.03 bits per heavy atom. The molecule has 0 aliphatic heterocycles. The van der Waals surface area contributed by atoms with E-state index in [0.717, 1.165) is 11.1 Å². The van der Waals surface area contributed by atoms with Gasteiger partial charge in [-0.3, -0.25) is 9.69 Å². The van der Waals surface area contributed by atoms with E-state index in [0.29, 0.717) is 17.2 Å². The molecule has 2 aromatic heterocycles. The maximum Gasteiger partial charge on any atom is 0.416 e. The molecule has 3 rings (SSSR count). The molecule has 0 radical (unpaired) electrons. The van der Waals surface area contributed by atoms with Gasteiger partial charge in [0.2, 0.25) is 5.91 Å². The largest absolute Gasteiger partial charge is 0.443 e. The fraction of sp³-hybridized carbons (Fsp3) is 0.333. The lowest BCUT2D eigenvalue weighted by Crippen LogP contribution is -2.37. The van der Waals surface area contributed by atoms with E-state index in [9.17, 15) is 9.59 Å². The van der Waals surface area contributed by atoms with E-state index in [4.69, 9.17) is 4.74 Å². The van der Waals surface area contributed by atoms with Crippen LogP contribution in [0, 0.1) is 0 Å². The molecular weight excluding hydrogens is 406 g/mol. The molecule has 32 heavy (non-hydrogen) atoms. The van der Waals surface area contributed by atoms with Crippen LogP contribution in [0.1, 0.15) is 51.7 Å². The molecule has 0 fully saturated rings. The van der Waals surface area contributed by atoms with Crippen LogP contribution in [0.5, 0.6) is 0 Å². The SMILES string of the molecule is C=CC(=O)Nc1cccc(CN(C(=O)OC(C)(C)C)c2ccnc3c(C(C)C)cnn23)c1. The predicted molar refractivity (Wildman–Crippen MR) is 125 cm³/mol. The third-order valence-corrected chi connectivity index (χ3v) is 4.64. The molecule has 1 N–H and O–H groups in total. The van der Waals surface area contributed by atoms with Crippen LogP contribution in [0.4, 0.5) is 16.3 Å². The van der Waals surface area contributed by atoms with Crippen molar-refractivity contribution in [2.45, 2.75) is 52.7 Å². The van der Waals surface area contributed by atoms with Crippen LogP contribution in [0.3, 0.4) is 0 Å². The number of amides is 2. The minimum Gasteiger partial charge on any atom is -0.443 e. The van der Waals surface area contributed by atoms with Crippen molar-refractivity contribution < 1.29 is 14.3 Å². The number of rotatable bonds is 6. The van der Waals surface area contributed by atoms with Gasteiger partial charge in [-0.2, -0.15) is 9.61 Å². The number of hydrogen-bond donors (Lipinski definition) is 1. The quantitative estimate of drug-likeness (QED) is 0.555. The monoisotopic (exact) mass is 435 g/mol. The van der Waals surface area contributed by atoms with Crippen LogP contribution in [0.25, 0.3) is 5.65 Å². The zero-order valence-corrected chi connectivity index (χ0v) is 19.1. The van der Waals surface area contributed by atoms with Gasteiger partial charge in [-0.05, 0) is 56.5 Å². The average Bonchev–Trinajstić information content (AvgIpc) is 3.15. The number of carbonyl (C=O) groups excluding carboxylic acids is 2. The van der Waals surface area contributed by atoms with Crippen LogP contribution in [0.2, 0.25) is 0 Å². The van der Waals surface area contributed by atoms with Gasteiger partial charge in [0, 0.05) is 17.4 Å². The van der Waals surface area contributed by atoms with Gasteiger partial charge in [0.25, 0.3) is 0 Å². The third-order valence-electron chi connectivity index (χ3n) is 4.64. The van der Waals surface area contributed by atoms with Crippen molar-refractivity contribution >= 4 is 29.2 Å². The second kappa shape index (κ2) is 9.21. The predicted octanol–water partition coefficient (Wildman–Crippen LogP) is 4.92. The molecule has 1 aromatic carbocycles. The number of benzene rings is 1. The molecule has 0 aliphatic carbocycles. The van der Waals surface area contributed by atoms with Gasteiger partial charge in [-0.1, -0.05) is 32.6 Å². The first kappa shape index (κ1) is 23.0. The number of carbonyl (C=O) groups is 2. The molecule has 8 nitrogen and oxygen atoms in total. The minimum atomic E-state index is -0.672. The zero-order valence-electron chi connectivity index (χ0n) is 19.1. The fourth-order valence-corrected chi connectivity index (χ4v) is 3.19. The van der Waals surface area contributed by atoms with E-state index in [1.807, 2.05) is 32.9 Å². The summed E-state index contributed by atoms with van der Waals surface area (Å²) < 4.78 is 7.34. The molecule has 168 valence electrons. The summed E-state index contributed by atoms with van der Waals surface area (Å²) in [6.07, 6.45) is 4.13. The number of hydrogen-bond acceptors (Lipinski definition) is 5. The van der Waals surface area contributed by atoms with Crippen molar-refractivity contribution in [3.8, 4) is 0 Å². The molecule has 0 unspecified atom stereocenters. The number of fused-ring (bicyclic) bond motifs is 1. The summed E-state index contributed by atoms with van der Waals surface area (Å²) in [5, 5.41) is 7.22. The Bertz CT molecular complexity index is 1140. The minimum absolute atomic E-state index is 0.211.